The molecule has 1 N–H and O–H groups in total. The molecule has 2 aromatic rings. The molecule has 0 fully saturated rings. The molecular formula is C36H40N4O3S. The highest BCUT2D eigenvalue weighted by Gasteiger charge is 2.38. The quantitative estimate of drug-likeness (QED) is 0.201. The van der Waals surface area contributed by atoms with Gasteiger partial charge in [0.25, 0.3) is 0 Å². The number of carbonyl (C=O) groups is 1. The van der Waals surface area contributed by atoms with Crippen molar-refractivity contribution in [1.29, 1.82) is 15.8 Å². The van der Waals surface area contributed by atoms with Gasteiger partial charge in [-0.05, 0) is 99.4 Å². The number of aliphatic carboxylic acids is 1. The van der Waals surface area contributed by atoms with Crippen LogP contribution < -0.4 is 4.90 Å². The number of rotatable bonds is 11. The molecule has 8 heteroatoms. The van der Waals surface area contributed by atoms with Gasteiger partial charge in [0.05, 0.1) is 0 Å². The maximum Gasteiger partial charge on any atom is 0.303 e. The summed E-state index contributed by atoms with van der Waals surface area (Å²) in [6.45, 7) is 8.08. The van der Waals surface area contributed by atoms with Crippen molar-refractivity contribution in [2.24, 2.45) is 0 Å². The third kappa shape index (κ3) is 6.91. The Bertz CT molecular complexity index is 1640. The van der Waals surface area contributed by atoms with Crippen molar-refractivity contribution < 1.29 is 14.6 Å². The molecular weight excluding hydrogens is 568 g/mol. The second-order valence-corrected chi connectivity index (χ2v) is 13.2. The van der Waals surface area contributed by atoms with E-state index in [1.54, 1.807) is 11.3 Å². The smallest absolute Gasteiger partial charge is 0.303 e. The number of nitriles is 3. The molecule has 1 aromatic carbocycles. The number of carboxylic acid groups (broad SMARTS) is 1. The zero-order chi connectivity index (χ0) is 32.0. The molecule has 44 heavy (non-hydrogen) atoms. The van der Waals surface area contributed by atoms with E-state index in [2.05, 4.69) is 50.1 Å². The lowest BCUT2D eigenvalue weighted by Crippen LogP contribution is -2.33. The van der Waals surface area contributed by atoms with E-state index in [0.29, 0.717) is 18.0 Å². The van der Waals surface area contributed by atoms with Crippen LogP contribution in [0.1, 0.15) is 87.8 Å². The van der Waals surface area contributed by atoms with Gasteiger partial charge in [-0.15, -0.1) is 11.3 Å². The number of allylic oxidation sites excluding steroid dienone is 2. The molecule has 2 aliphatic heterocycles. The standard InChI is InChI=1S/C36H40N4O3S/c1-6-7-8-9-10-26-19-33(28-17-25-12-11-23(2)40(5)31(25)18-24(28)13-16-34(41)42)44-32(26)15-14-30-29(22-39)35(27(20-37)21-38)43-36(30,3)4/h14-15,17-19,23H,6-13,16H2,1-5H3,(H,41,42)/b15-14+. The normalized spacial score (nSPS) is 17.2. The zero-order valence-corrected chi connectivity index (χ0v) is 27.1. The summed E-state index contributed by atoms with van der Waals surface area (Å²) in [5, 5.41) is 38.4. The van der Waals surface area contributed by atoms with E-state index in [9.17, 15) is 25.7 Å². The van der Waals surface area contributed by atoms with Crippen molar-refractivity contribution in [1.82, 2.24) is 0 Å². The third-order valence-corrected chi connectivity index (χ3v) is 9.83. The zero-order valence-electron chi connectivity index (χ0n) is 26.3. The maximum absolute atomic E-state index is 11.6. The van der Waals surface area contributed by atoms with Crippen LogP contribution in [0.15, 0.2) is 46.8 Å². The molecule has 228 valence electrons. The Balaban J connectivity index is 1.83. The van der Waals surface area contributed by atoms with Gasteiger partial charge in [-0.1, -0.05) is 32.3 Å². The SMILES string of the molecule is CCCCCCc1cc(-c2cc3c(cc2CCC(=O)O)N(C)C(C)CC3)sc1/C=C/C1=C(C#N)C(=C(C#N)C#N)OC1(C)C. The highest BCUT2D eigenvalue weighted by molar-refractivity contribution is 7.16. The van der Waals surface area contributed by atoms with E-state index in [4.69, 9.17) is 4.74 Å². The Kier molecular flexibility index (Phi) is 10.4. The number of anilines is 1. The number of thiophene rings is 1. The number of ether oxygens (including phenoxy) is 1. The van der Waals surface area contributed by atoms with E-state index in [0.717, 1.165) is 59.4 Å². The molecule has 1 unspecified atom stereocenters. The van der Waals surface area contributed by atoms with Crippen LogP contribution in [0.2, 0.25) is 0 Å². The summed E-state index contributed by atoms with van der Waals surface area (Å²) in [5.74, 6) is -0.778. The van der Waals surface area contributed by atoms with Gasteiger partial charge in [0, 0.05) is 40.5 Å². The number of benzene rings is 1. The second-order valence-electron chi connectivity index (χ2n) is 12.1. The highest BCUT2D eigenvalue weighted by Crippen LogP contribution is 2.43. The van der Waals surface area contributed by atoms with Gasteiger partial charge >= 0.3 is 5.97 Å². The maximum atomic E-state index is 11.6. The lowest BCUT2D eigenvalue weighted by Gasteiger charge is -2.34. The van der Waals surface area contributed by atoms with Gasteiger partial charge in [-0.3, -0.25) is 4.79 Å². The fraction of sp³-hybridized carbons (Fsp3) is 0.444. The Morgan fingerprint density at radius 1 is 1.11 bits per heavy atom. The van der Waals surface area contributed by atoms with Gasteiger partial charge in [0.15, 0.2) is 11.3 Å². The largest absolute Gasteiger partial charge is 0.481 e. The summed E-state index contributed by atoms with van der Waals surface area (Å²) in [6.07, 6.45) is 11.9. The van der Waals surface area contributed by atoms with Crippen LogP contribution in [-0.4, -0.2) is 29.8 Å². The number of fused-ring (bicyclic) bond motifs is 1. The first-order valence-electron chi connectivity index (χ1n) is 15.3. The third-order valence-electron chi connectivity index (χ3n) is 8.66. The monoisotopic (exact) mass is 608 g/mol. The van der Waals surface area contributed by atoms with Crippen molar-refractivity contribution in [3.8, 4) is 28.6 Å². The summed E-state index contributed by atoms with van der Waals surface area (Å²) in [7, 11) is 2.11. The molecule has 0 radical (unpaired) electrons. The van der Waals surface area contributed by atoms with E-state index in [1.165, 1.54) is 23.2 Å². The molecule has 4 rings (SSSR count). The summed E-state index contributed by atoms with van der Waals surface area (Å²) in [5.41, 5.74) is 5.54. The number of hydrogen-bond donors (Lipinski definition) is 1. The van der Waals surface area contributed by atoms with Crippen molar-refractivity contribution in [3.05, 3.63) is 68.3 Å². The molecule has 0 aliphatic carbocycles. The number of hydrogen-bond acceptors (Lipinski definition) is 7. The van der Waals surface area contributed by atoms with Crippen LogP contribution in [0, 0.1) is 34.0 Å². The average Bonchev–Trinajstić information content (AvgIpc) is 3.51. The van der Waals surface area contributed by atoms with Gasteiger partial charge in [-0.25, -0.2) is 0 Å². The fourth-order valence-electron chi connectivity index (χ4n) is 5.97. The van der Waals surface area contributed by atoms with Crippen molar-refractivity contribution >= 4 is 29.1 Å². The first-order chi connectivity index (χ1) is 21.0. The topological polar surface area (TPSA) is 121 Å². The first kappa shape index (κ1) is 32.6. The lowest BCUT2D eigenvalue weighted by atomic mass is 9.90. The summed E-state index contributed by atoms with van der Waals surface area (Å²) in [4.78, 5) is 16.1. The highest BCUT2D eigenvalue weighted by atomic mass is 32.1. The summed E-state index contributed by atoms with van der Waals surface area (Å²) in [6, 6.07) is 13.0. The van der Waals surface area contributed by atoms with Crippen molar-refractivity contribution in [3.63, 3.8) is 0 Å². The number of nitrogens with zero attached hydrogens (tertiary/aromatic N) is 4. The van der Waals surface area contributed by atoms with Crippen molar-refractivity contribution in [2.45, 2.75) is 97.1 Å². The second kappa shape index (κ2) is 14.0. The average molecular weight is 609 g/mol. The van der Waals surface area contributed by atoms with Crippen molar-refractivity contribution in [2.75, 3.05) is 11.9 Å². The molecule has 3 heterocycles. The Morgan fingerprint density at radius 2 is 1.86 bits per heavy atom. The molecule has 0 spiro atoms. The minimum Gasteiger partial charge on any atom is -0.481 e. The number of aryl methyl sites for hydroxylation is 3. The first-order valence-corrected chi connectivity index (χ1v) is 16.2. The van der Waals surface area contributed by atoms with Crippen LogP contribution >= 0.6 is 11.3 Å². The molecule has 2 aliphatic rings. The fourth-order valence-corrected chi connectivity index (χ4v) is 7.14. The predicted octanol–water partition coefficient (Wildman–Crippen LogP) is 8.27. The molecule has 0 bridgehead atoms. The van der Waals surface area contributed by atoms with E-state index < -0.39 is 11.6 Å². The predicted molar refractivity (Wildman–Crippen MR) is 175 cm³/mol. The molecule has 0 saturated carbocycles. The molecule has 0 amide bonds. The van der Waals surface area contributed by atoms with Crippen LogP contribution in [0.25, 0.3) is 16.5 Å². The van der Waals surface area contributed by atoms with E-state index in [1.807, 2.05) is 38.1 Å². The van der Waals surface area contributed by atoms with E-state index >= 15 is 0 Å². The summed E-state index contributed by atoms with van der Waals surface area (Å²) >= 11 is 1.67. The van der Waals surface area contributed by atoms with E-state index in [-0.39, 0.29) is 23.3 Å². The molecule has 1 aromatic heterocycles. The van der Waals surface area contributed by atoms with Gasteiger partial charge in [-0.2, -0.15) is 15.8 Å². The molecule has 0 saturated heterocycles. The van der Waals surface area contributed by atoms with Crippen LogP contribution in [-0.2, 0) is 28.8 Å². The Morgan fingerprint density at radius 3 is 2.52 bits per heavy atom. The number of carboxylic acids is 1. The summed E-state index contributed by atoms with van der Waals surface area (Å²) < 4.78 is 5.96. The molecule has 7 nitrogen and oxygen atoms in total. The minimum absolute atomic E-state index is 0.0326. The van der Waals surface area contributed by atoms with Crippen LogP contribution in [0.3, 0.4) is 0 Å². The van der Waals surface area contributed by atoms with Gasteiger partial charge in [0.2, 0.25) is 0 Å². The Labute approximate surface area is 265 Å². The molecule has 1 atom stereocenters. The van der Waals surface area contributed by atoms with Crippen LogP contribution in [0.5, 0.6) is 0 Å². The lowest BCUT2D eigenvalue weighted by molar-refractivity contribution is -0.136. The van der Waals surface area contributed by atoms with Gasteiger partial charge < -0.3 is 14.7 Å². The minimum atomic E-state index is -0.886. The Hall–Kier alpha value is -4.32. The van der Waals surface area contributed by atoms with Crippen LogP contribution in [0.4, 0.5) is 5.69 Å². The number of unbranched alkanes of at least 4 members (excludes halogenated alkanes) is 3. The van der Waals surface area contributed by atoms with Gasteiger partial charge in [0.1, 0.15) is 29.4 Å².